The number of esters is 2. The van der Waals surface area contributed by atoms with Crippen molar-refractivity contribution in [3.8, 4) is 5.75 Å². The molecule has 2 fully saturated rings. The number of aliphatic hydroxyl groups excluding tert-OH is 1. The number of fused-ring (bicyclic) bond motifs is 6. The molecule has 2 saturated carbocycles. The highest BCUT2D eigenvalue weighted by molar-refractivity contribution is 5.95. The topological polar surface area (TPSA) is 161 Å². The highest BCUT2D eigenvalue weighted by atomic mass is 16.7. The monoisotopic (exact) mass is 682 g/mol. The van der Waals surface area contributed by atoms with Gasteiger partial charge in [0.15, 0.2) is 12.4 Å². The molecule has 1 aliphatic heterocycles. The van der Waals surface area contributed by atoms with Crippen molar-refractivity contribution in [1.29, 1.82) is 0 Å². The lowest BCUT2D eigenvalue weighted by Crippen LogP contribution is -2.61. The Kier molecular flexibility index (Phi) is 8.22. The van der Waals surface area contributed by atoms with Gasteiger partial charge in [-0.15, -0.1) is 0 Å². The van der Waals surface area contributed by atoms with Crippen LogP contribution < -0.4 is 4.74 Å². The first-order chi connectivity index (χ1) is 23.6. The van der Waals surface area contributed by atoms with Crippen molar-refractivity contribution in [3.63, 3.8) is 0 Å². The molecule has 0 saturated heterocycles. The Bertz CT molecular complexity index is 1880. The molecular formula is C39H42N2O9. The van der Waals surface area contributed by atoms with Crippen molar-refractivity contribution in [2.75, 3.05) is 6.61 Å². The summed E-state index contributed by atoms with van der Waals surface area (Å²) in [6.07, 6.45) is 6.79. The normalized spacial score (nSPS) is 33.7. The SMILES string of the molecule is CC1(C)OC(=O)c2cc(N=Nc3ccccc3CC(=O)OCC(=O)C3(O)CCC4C5CC=C6CC(=O)C=CC6(C)C5C(O)CC43C)ccc2O1. The lowest BCUT2D eigenvalue weighted by Gasteiger charge is -2.58. The Balaban J connectivity index is 1.01. The molecule has 0 amide bonds. The summed E-state index contributed by atoms with van der Waals surface area (Å²) in [5, 5.41) is 32.2. The minimum atomic E-state index is -1.76. The van der Waals surface area contributed by atoms with Gasteiger partial charge in [-0.3, -0.25) is 14.4 Å². The highest BCUT2D eigenvalue weighted by Crippen LogP contribution is 2.66. The van der Waals surface area contributed by atoms with Gasteiger partial charge in [0.1, 0.15) is 16.9 Å². The third kappa shape index (κ3) is 5.60. The number of benzene rings is 2. The van der Waals surface area contributed by atoms with Gasteiger partial charge in [-0.1, -0.05) is 49.8 Å². The Labute approximate surface area is 290 Å². The molecule has 4 aliphatic carbocycles. The van der Waals surface area contributed by atoms with Crippen LogP contribution in [-0.2, 0) is 30.3 Å². The van der Waals surface area contributed by atoms with E-state index in [0.29, 0.717) is 42.0 Å². The molecular weight excluding hydrogens is 640 g/mol. The summed E-state index contributed by atoms with van der Waals surface area (Å²) in [5.74, 6) is -2.53. The molecule has 11 heteroatoms. The van der Waals surface area contributed by atoms with E-state index in [1.807, 2.05) is 13.0 Å². The number of aliphatic hydroxyl groups is 2. The molecule has 2 N–H and O–H groups in total. The summed E-state index contributed by atoms with van der Waals surface area (Å²) in [7, 11) is 0. The molecule has 2 aromatic carbocycles. The van der Waals surface area contributed by atoms with Crippen LogP contribution in [0.15, 0.2) is 76.5 Å². The second-order valence-electron chi connectivity index (χ2n) is 15.3. The van der Waals surface area contributed by atoms with Crippen molar-refractivity contribution >= 4 is 34.9 Å². The number of Topliss-reactive ketones (excluding diaryl/α,β-unsaturated/α-hetero) is 1. The van der Waals surface area contributed by atoms with Gasteiger partial charge in [-0.25, -0.2) is 4.79 Å². The van der Waals surface area contributed by atoms with Crippen LogP contribution in [0, 0.1) is 28.6 Å². The van der Waals surface area contributed by atoms with Crippen LogP contribution in [0.25, 0.3) is 0 Å². The zero-order chi connectivity index (χ0) is 35.6. The standard InChI is InChI=1S/C39H42N2O9/c1-36(2)49-31-12-10-24(19-27(31)35(46)50-36)40-41-29-8-6-5-7-22(29)17-33(45)48-21-32(44)39(47)16-14-28-26-11-9-23-18-25(42)13-15-37(23,3)34(26)30(43)20-38(28,39)4/h5-10,12-13,15,19,26,28,30,34,43,47H,11,14,16-18,20-21H2,1-4H3. The van der Waals surface area contributed by atoms with E-state index in [4.69, 9.17) is 14.2 Å². The second-order valence-corrected chi connectivity index (χ2v) is 15.3. The maximum atomic E-state index is 13.7. The van der Waals surface area contributed by atoms with E-state index in [9.17, 15) is 29.4 Å². The number of carbonyl (C=O) groups excluding carboxylic acids is 4. The maximum absolute atomic E-state index is 13.7. The first kappa shape index (κ1) is 34.0. The molecule has 262 valence electrons. The molecule has 7 atom stereocenters. The molecule has 11 nitrogen and oxygen atoms in total. The fourth-order valence-corrected chi connectivity index (χ4v) is 9.43. The number of azo groups is 1. The van der Waals surface area contributed by atoms with Crippen LogP contribution in [0.2, 0.25) is 0 Å². The van der Waals surface area contributed by atoms with Crippen LogP contribution >= 0.6 is 0 Å². The van der Waals surface area contributed by atoms with Gasteiger partial charge >= 0.3 is 11.9 Å². The number of hydrogen-bond donors (Lipinski definition) is 2. The zero-order valence-electron chi connectivity index (χ0n) is 28.7. The van der Waals surface area contributed by atoms with Crippen molar-refractivity contribution in [2.24, 2.45) is 38.8 Å². The lowest BCUT2D eigenvalue weighted by atomic mass is 9.47. The van der Waals surface area contributed by atoms with E-state index in [1.165, 1.54) is 6.07 Å². The predicted molar refractivity (Wildman–Crippen MR) is 180 cm³/mol. The number of cyclic esters (lactones) is 1. The Morgan fingerprint density at radius 3 is 2.62 bits per heavy atom. The highest BCUT2D eigenvalue weighted by Gasteiger charge is 2.68. The van der Waals surface area contributed by atoms with Crippen LogP contribution in [0.3, 0.4) is 0 Å². The van der Waals surface area contributed by atoms with Gasteiger partial charge in [0.25, 0.3) is 0 Å². The molecule has 7 rings (SSSR count). The summed E-state index contributed by atoms with van der Waals surface area (Å²) in [5.41, 5.74) is -0.553. The number of carbonyl (C=O) groups is 4. The Hall–Kier alpha value is -4.48. The molecule has 7 unspecified atom stereocenters. The summed E-state index contributed by atoms with van der Waals surface area (Å²) >= 11 is 0. The van der Waals surface area contributed by atoms with E-state index in [0.717, 1.165) is 5.57 Å². The molecule has 0 bridgehead atoms. The molecule has 1 heterocycles. The number of allylic oxidation sites excluding steroid dienone is 4. The van der Waals surface area contributed by atoms with Crippen LogP contribution in [0.4, 0.5) is 11.4 Å². The van der Waals surface area contributed by atoms with Gasteiger partial charge in [0, 0.05) is 37.0 Å². The van der Waals surface area contributed by atoms with E-state index in [1.54, 1.807) is 56.3 Å². The number of ketones is 2. The minimum Gasteiger partial charge on any atom is -0.457 e. The third-order valence-electron chi connectivity index (χ3n) is 11.9. The van der Waals surface area contributed by atoms with Gasteiger partial charge in [0.2, 0.25) is 11.6 Å². The van der Waals surface area contributed by atoms with E-state index in [2.05, 4.69) is 23.2 Å². The first-order valence-electron chi connectivity index (χ1n) is 17.2. The molecule has 0 aromatic heterocycles. The Morgan fingerprint density at radius 1 is 1.04 bits per heavy atom. The fraction of sp³-hybridized carbons (Fsp3) is 0.487. The van der Waals surface area contributed by atoms with Crippen molar-refractivity contribution in [2.45, 2.75) is 83.7 Å². The predicted octanol–water partition coefficient (Wildman–Crippen LogP) is 6.05. The number of ether oxygens (including phenoxy) is 3. The van der Waals surface area contributed by atoms with Crippen LogP contribution in [0.5, 0.6) is 5.75 Å². The minimum absolute atomic E-state index is 0.0287. The zero-order valence-corrected chi connectivity index (χ0v) is 28.7. The van der Waals surface area contributed by atoms with Gasteiger partial charge in [-0.2, -0.15) is 10.2 Å². The first-order valence-corrected chi connectivity index (χ1v) is 17.2. The summed E-state index contributed by atoms with van der Waals surface area (Å²) < 4.78 is 16.4. The molecule has 5 aliphatic rings. The molecule has 2 aromatic rings. The van der Waals surface area contributed by atoms with Gasteiger partial charge < -0.3 is 24.4 Å². The summed E-state index contributed by atoms with van der Waals surface area (Å²) in [4.78, 5) is 51.4. The molecule has 0 radical (unpaired) electrons. The quantitative estimate of drug-likeness (QED) is 0.201. The molecule has 50 heavy (non-hydrogen) atoms. The van der Waals surface area contributed by atoms with Crippen molar-refractivity contribution in [3.05, 3.63) is 77.4 Å². The average Bonchev–Trinajstić information content (AvgIpc) is 3.33. The number of rotatable bonds is 7. The van der Waals surface area contributed by atoms with E-state index in [-0.39, 0.29) is 48.4 Å². The summed E-state index contributed by atoms with van der Waals surface area (Å²) in [6, 6.07) is 11.7. The fourth-order valence-electron chi connectivity index (χ4n) is 9.43. The lowest BCUT2D eigenvalue weighted by molar-refractivity contribution is -0.179. The summed E-state index contributed by atoms with van der Waals surface area (Å²) in [6.45, 7) is 6.66. The van der Waals surface area contributed by atoms with Crippen molar-refractivity contribution < 1.29 is 43.6 Å². The molecule has 0 spiro atoms. The second kappa shape index (κ2) is 12.1. The largest absolute Gasteiger partial charge is 0.457 e. The van der Waals surface area contributed by atoms with Gasteiger partial charge in [0.05, 0.1) is 23.9 Å². The number of nitrogens with zero attached hydrogens (tertiary/aromatic N) is 2. The van der Waals surface area contributed by atoms with Crippen molar-refractivity contribution in [1.82, 2.24) is 0 Å². The Morgan fingerprint density at radius 2 is 1.82 bits per heavy atom. The smallest absolute Gasteiger partial charge is 0.345 e. The van der Waals surface area contributed by atoms with E-state index < -0.39 is 52.7 Å². The van der Waals surface area contributed by atoms with Crippen LogP contribution in [0.1, 0.15) is 75.7 Å². The average molecular weight is 683 g/mol. The van der Waals surface area contributed by atoms with E-state index >= 15 is 0 Å². The van der Waals surface area contributed by atoms with Gasteiger partial charge in [-0.05, 0) is 73.4 Å². The van der Waals surface area contributed by atoms with Crippen LogP contribution in [-0.4, -0.2) is 57.8 Å². The maximum Gasteiger partial charge on any atom is 0.345 e. The third-order valence-corrected chi connectivity index (χ3v) is 11.9. The number of hydrogen-bond acceptors (Lipinski definition) is 11.